The van der Waals surface area contributed by atoms with Gasteiger partial charge in [0, 0.05) is 11.8 Å². The molecule has 162 valence electrons. The van der Waals surface area contributed by atoms with Crippen LogP contribution in [0.1, 0.15) is 10.4 Å². The Balaban J connectivity index is 1.78. The third kappa shape index (κ3) is 5.07. The van der Waals surface area contributed by atoms with Crippen LogP contribution in [0.4, 0.5) is 11.4 Å². The van der Waals surface area contributed by atoms with E-state index in [0.717, 1.165) is 0 Å². The highest BCUT2D eigenvalue weighted by Gasteiger charge is 2.18. The molecule has 9 heteroatoms. The van der Waals surface area contributed by atoms with Crippen LogP contribution >= 0.6 is 0 Å². The van der Waals surface area contributed by atoms with Gasteiger partial charge in [0.1, 0.15) is 17.2 Å². The summed E-state index contributed by atoms with van der Waals surface area (Å²) in [6.07, 6.45) is 0. The van der Waals surface area contributed by atoms with Gasteiger partial charge in [-0.1, -0.05) is 12.1 Å². The van der Waals surface area contributed by atoms with Crippen molar-refractivity contribution < 1.29 is 27.4 Å². The lowest BCUT2D eigenvalue weighted by atomic mass is 10.2. The average Bonchev–Trinajstić information content (AvgIpc) is 2.79. The second-order valence-electron chi connectivity index (χ2n) is 6.35. The highest BCUT2D eigenvalue weighted by Crippen LogP contribution is 2.31. The van der Waals surface area contributed by atoms with E-state index in [9.17, 15) is 13.2 Å². The summed E-state index contributed by atoms with van der Waals surface area (Å²) in [5.74, 6) is 0.904. The summed E-state index contributed by atoms with van der Waals surface area (Å²) in [4.78, 5) is 12.5. The Morgan fingerprint density at radius 2 is 1.48 bits per heavy atom. The van der Waals surface area contributed by atoms with Crippen LogP contribution < -0.4 is 24.2 Å². The number of methoxy groups -OCH3 is 3. The van der Waals surface area contributed by atoms with Crippen LogP contribution in [0.3, 0.4) is 0 Å². The first-order chi connectivity index (χ1) is 14.9. The summed E-state index contributed by atoms with van der Waals surface area (Å²) in [6.45, 7) is 0. The standard InChI is InChI=1S/C22H22N2O6S/c1-28-16-10-13-21(30-3)19(14-16)24-31(26,27)17-11-8-15(9-12-17)23-22(25)18-6-4-5-7-20(18)29-2/h4-14,24H,1-3H3,(H,23,25). The Kier molecular flexibility index (Phi) is 6.66. The maximum atomic E-state index is 12.8. The van der Waals surface area contributed by atoms with Gasteiger partial charge < -0.3 is 19.5 Å². The molecule has 8 nitrogen and oxygen atoms in total. The second-order valence-corrected chi connectivity index (χ2v) is 8.03. The molecule has 0 saturated heterocycles. The molecule has 0 aliphatic carbocycles. The summed E-state index contributed by atoms with van der Waals surface area (Å²) >= 11 is 0. The number of nitrogens with one attached hydrogen (secondary N) is 2. The lowest BCUT2D eigenvalue weighted by Crippen LogP contribution is -2.15. The summed E-state index contributed by atoms with van der Waals surface area (Å²) in [6, 6.07) is 17.4. The fraction of sp³-hybridized carbons (Fsp3) is 0.136. The Labute approximate surface area is 180 Å². The lowest BCUT2D eigenvalue weighted by molar-refractivity contribution is 0.102. The van der Waals surface area contributed by atoms with E-state index in [2.05, 4.69) is 10.0 Å². The van der Waals surface area contributed by atoms with E-state index in [0.29, 0.717) is 28.5 Å². The van der Waals surface area contributed by atoms with Crippen LogP contribution in [-0.2, 0) is 10.0 Å². The van der Waals surface area contributed by atoms with Crippen LogP contribution in [0, 0.1) is 0 Å². The quantitative estimate of drug-likeness (QED) is 0.551. The maximum Gasteiger partial charge on any atom is 0.262 e. The van der Waals surface area contributed by atoms with Gasteiger partial charge in [-0.15, -0.1) is 0 Å². The van der Waals surface area contributed by atoms with Crippen molar-refractivity contribution in [2.45, 2.75) is 4.90 Å². The van der Waals surface area contributed by atoms with Crippen LogP contribution in [-0.4, -0.2) is 35.7 Å². The number of hydrogen-bond acceptors (Lipinski definition) is 6. The zero-order chi connectivity index (χ0) is 22.4. The first kappa shape index (κ1) is 22.0. The lowest BCUT2D eigenvalue weighted by Gasteiger charge is -2.13. The third-order valence-electron chi connectivity index (χ3n) is 4.43. The van der Waals surface area contributed by atoms with Crippen molar-refractivity contribution in [1.82, 2.24) is 0 Å². The summed E-state index contributed by atoms with van der Waals surface area (Å²) in [5, 5.41) is 2.72. The van der Waals surface area contributed by atoms with Crippen molar-refractivity contribution in [2.75, 3.05) is 31.4 Å². The van der Waals surface area contributed by atoms with E-state index in [-0.39, 0.29) is 16.5 Å². The second kappa shape index (κ2) is 9.40. The Morgan fingerprint density at radius 1 is 0.806 bits per heavy atom. The Bertz CT molecular complexity index is 1180. The summed E-state index contributed by atoms with van der Waals surface area (Å²) in [7, 11) is 0.513. The highest BCUT2D eigenvalue weighted by atomic mass is 32.2. The smallest absolute Gasteiger partial charge is 0.262 e. The zero-order valence-electron chi connectivity index (χ0n) is 17.2. The summed E-state index contributed by atoms with van der Waals surface area (Å²) < 4.78 is 43.6. The molecular formula is C22H22N2O6S. The molecule has 0 heterocycles. The molecule has 0 radical (unpaired) electrons. The van der Waals surface area contributed by atoms with Gasteiger partial charge in [0.25, 0.3) is 15.9 Å². The third-order valence-corrected chi connectivity index (χ3v) is 5.81. The number of benzene rings is 3. The largest absolute Gasteiger partial charge is 0.497 e. The topological polar surface area (TPSA) is 103 Å². The highest BCUT2D eigenvalue weighted by molar-refractivity contribution is 7.92. The molecule has 0 fully saturated rings. The molecule has 0 bridgehead atoms. The van der Waals surface area contributed by atoms with Crippen molar-refractivity contribution in [3.05, 3.63) is 72.3 Å². The predicted molar refractivity (Wildman–Crippen MR) is 118 cm³/mol. The molecule has 0 atom stereocenters. The van der Waals surface area contributed by atoms with Crippen molar-refractivity contribution >= 4 is 27.3 Å². The molecule has 3 aromatic rings. The molecule has 0 unspecified atom stereocenters. The van der Waals surface area contributed by atoms with E-state index in [4.69, 9.17) is 14.2 Å². The normalized spacial score (nSPS) is 10.8. The molecule has 1 amide bonds. The number of hydrogen-bond donors (Lipinski definition) is 2. The van der Waals surface area contributed by atoms with Crippen LogP contribution in [0.25, 0.3) is 0 Å². The number of para-hydroxylation sites is 1. The zero-order valence-corrected chi connectivity index (χ0v) is 18.0. The fourth-order valence-electron chi connectivity index (χ4n) is 2.85. The number of sulfonamides is 1. The molecule has 3 aromatic carbocycles. The molecule has 2 N–H and O–H groups in total. The Hall–Kier alpha value is -3.72. The monoisotopic (exact) mass is 442 g/mol. The van der Waals surface area contributed by atoms with Gasteiger partial charge in [-0.25, -0.2) is 8.42 Å². The molecule has 3 rings (SSSR count). The molecule has 0 aliphatic rings. The number of rotatable bonds is 8. The van der Waals surface area contributed by atoms with Crippen LogP contribution in [0.2, 0.25) is 0 Å². The summed E-state index contributed by atoms with van der Waals surface area (Å²) in [5.41, 5.74) is 1.05. The molecule has 0 saturated carbocycles. The van der Waals surface area contributed by atoms with Crippen molar-refractivity contribution in [3.8, 4) is 17.2 Å². The SMILES string of the molecule is COc1ccc(OC)c(NS(=O)(=O)c2ccc(NC(=O)c3ccccc3OC)cc2)c1. The minimum Gasteiger partial charge on any atom is -0.497 e. The molecule has 31 heavy (non-hydrogen) atoms. The molecular weight excluding hydrogens is 420 g/mol. The van der Waals surface area contributed by atoms with E-state index in [1.807, 2.05) is 0 Å². The fourth-order valence-corrected chi connectivity index (χ4v) is 3.91. The van der Waals surface area contributed by atoms with Crippen molar-refractivity contribution in [1.29, 1.82) is 0 Å². The van der Waals surface area contributed by atoms with E-state index in [1.165, 1.54) is 51.7 Å². The van der Waals surface area contributed by atoms with E-state index < -0.39 is 10.0 Å². The first-order valence-electron chi connectivity index (χ1n) is 9.17. The molecule has 0 aromatic heterocycles. The number of carbonyl (C=O) groups is 1. The van der Waals surface area contributed by atoms with E-state index >= 15 is 0 Å². The molecule has 0 aliphatic heterocycles. The van der Waals surface area contributed by atoms with Gasteiger partial charge in [0.2, 0.25) is 0 Å². The van der Waals surface area contributed by atoms with Crippen LogP contribution in [0.15, 0.2) is 71.6 Å². The minimum atomic E-state index is -3.90. The van der Waals surface area contributed by atoms with E-state index in [1.54, 1.807) is 36.4 Å². The Morgan fingerprint density at radius 3 is 2.13 bits per heavy atom. The average molecular weight is 442 g/mol. The number of carbonyl (C=O) groups excluding carboxylic acids is 1. The van der Waals surface area contributed by atoms with Gasteiger partial charge in [-0.05, 0) is 48.5 Å². The first-order valence-corrected chi connectivity index (χ1v) is 10.7. The van der Waals surface area contributed by atoms with Crippen LogP contribution in [0.5, 0.6) is 17.2 Å². The van der Waals surface area contributed by atoms with Gasteiger partial charge in [0.15, 0.2) is 0 Å². The molecule has 0 spiro atoms. The maximum absolute atomic E-state index is 12.8. The van der Waals surface area contributed by atoms with Gasteiger partial charge in [0.05, 0.1) is 37.5 Å². The van der Waals surface area contributed by atoms with Gasteiger partial charge >= 0.3 is 0 Å². The number of anilines is 2. The number of ether oxygens (including phenoxy) is 3. The minimum absolute atomic E-state index is 0.0210. The van der Waals surface area contributed by atoms with Crippen molar-refractivity contribution in [2.24, 2.45) is 0 Å². The van der Waals surface area contributed by atoms with Gasteiger partial charge in [-0.3, -0.25) is 9.52 Å². The van der Waals surface area contributed by atoms with Gasteiger partial charge in [-0.2, -0.15) is 0 Å². The van der Waals surface area contributed by atoms with Crippen molar-refractivity contribution in [3.63, 3.8) is 0 Å². The number of amides is 1. The predicted octanol–water partition coefficient (Wildman–Crippen LogP) is 3.77.